The maximum absolute atomic E-state index is 14.5. The van der Waals surface area contributed by atoms with Gasteiger partial charge in [0.25, 0.3) is 5.91 Å². The summed E-state index contributed by atoms with van der Waals surface area (Å²) in [5.41, 5.74) is 5.20. The summed E-state index contributed by atoms with van der Waals surface area (Å²) in [5, 5.41) is 5.86. The molecule has 30 heavy (non-hydrogen) atoms. The molecule has 0 radical (unpaired) electrons. The average Bonchev–Trinajstić information content (AvgIpc) is 2.68. The molecule has 1 heterocycles. The summed E-state index contributed by atoms with van der Waals surface area (Å²) in [7, 11) is 0. The first-order chi connectivity index (χ1) is 14.1. The van der Waals surface area contributed by atoms with Crippen LogP contribution in [-0.2, 0) is 0 Å². The van der Waals surface area contributed by atoms with Gasteiger partial charge in [0.15, 0.2) is 11.6 Å². The lowest BCUT2D eigenvalue weighted by Crippen LogP contribution is -2.72. The Morgan fingerprint density at radius 1 is 1.23 bits per heavy atom. The highest BCUT2D eigenvalue weighted by Gasteiger charge is 2.42. The molecule has 1 aliphatic rings. The molecule has 1 atom stereocenters. The Morgan fingerprint density at radius 2 is 1.93 bits per heavy atom. The van der Waals surface area contributed by atoms with Crippen LogP contribution in [0.3, 0.4) is 0 Å². The molecular weight excluding hydrogens is 508 g/mol. The van der Waals surface area contributed by atoms with E-state index in [1.807, 2.05) is 29.5 Å². The molecule has 0 spiro atoms. The van der Waals surface area contributed by atoms with Crippen molar-refractivity contribution in [1.82, 2.24) is 10.2 Å². The molecule has 3 rings (SSSR count). The van der Waals surface area contributed by atoms with Crippen molar-refractivity contribution in [3.63, 3.8) is 0 Å². The van der Waals surface area contributed by atoms with E-state index in [2.05, 4.69) is 17.6 Å². The van der Waals surface area contributed by atoms with Gasteiger partial charge in [-0.1, -0.05) is 6.92 Å². The SMILES string of the molecule is CCC(C)NCC1(N)CN(C(=O)c2ccc(F)c(F)c2Nc2ccc(I)cc2F)C1. The average molecular weight is 532 g/mol. The normalized spacial score (nSPS) is 16.2. The highest BCUT2D eigenvalue weighted by molar-refractivity contribution is 14.1. The van der Waals surface area contributed by atoms with Crippen molar-refractivity contribution in [2.75, 3.05) is 25.0 Å². The van der Waals surface area contributed by atoms with Crippen molar-refractivity contribution in [3.05, 3.63) is 56.9 Å². The minimum atomic E-state index is -1.24. The third-order valence-electron chi connectivity index (χ3n) is 5.23. The van der Waals surface area contributed by atoms with Crippen molar-refractivity contribution in [1.29, 1.82) is 0 Å². The Morgan fingerprint density at radius 3 is 2.57 bits per heavy atom. The second kappa shape index (κ2) is 9.11. The first-order valence-electron chi connectivity index (χ1n) is 9.65. The number of likely N-dealkylation sites (tertiary alicyclic amines) is 1. The number of hydrogen-bond donors (Lipinski definition) is 3. The summed E-state index contributed by atoms with van der Waals surface area (Å²) < 4.78 is 43.3. The van der Waals surface area contributed by atoms with E-state index in [0.717, 1.165) is 12.5 Å². The maximum atomic E-state index is 14.5. The van der Waals surface area contributed by atoms with Crippen LogP contribution >= 0.6 is 22.6 Å². The smallest absolute Gasteiger partial charge is 0.256 e. The number of benzene rings is 2. The topological polar surface area (TPSA) is 70.4 Å². The number of anilines is 2. The molecule has 4 N–H and O–H groups in total. The van der Waals surface area contributed by atoms with E-state index < -0.39 is 34.6 Å². The fourth-order valence-electron chi connectivity index (χ4n) is 3.24. The van der Waals surface area contributed by atoms with E-state index in [4.69, 9.17) is 5.73 Å². The fourth-order valence-corrected chi connectivity index (χ4v) is 3.69. The van der Waals surface area contributed by atoms with Crippen molar-refractivity contribution < 1.29 is 18.0 Å². The van der Waals surface area contributed by atoms with Gasteiger partial charge in [-0.15, -0.1) is 0 Å². The Hall–Kier alpha value is -1.85. The van der Waals surface area contributed by atoms with Gasteiger partial charge in [0.05, 0.1) is 22.5 Å². The predicted molar refractivity (Wildman–Crippen MR) is 119 cm³/mol. The molecule has 1 saturated heterocycles. The number of nitrogens with two attached hydrogens (primary N) is 1. The minimum absolute atomic E-state index is 0.0523. The van der Waals surface area contributed by atoms with Gasteiger partial charge in [0.2, 0.25) is 0 Å². The summed E-state index contributed by atoms with van der Waals surface area (Å²) in [4.78, 5) is 14.4. The maximum Gasteiger partial charge on any atom is 0.256 e. The van der Waals surface area contributed by atoms with Crippen LogP contribution in [0.25, 0.3) is 0 Å². The van der Waals surface area contributed by atoms with Crippen LogP contribution in [0.5, 0.6) is 0 Å². The lowest BCUT2D eigenvalue weighted by atomic mass is 9.89. The molecule has 1 aliphatic heterocycles. The van der Waals surface area contributed by atoms with Crippen molar-refractivity contribution >= 4 is 39.9 Å². The van der Waals surface area contributed by atoms with Crippen LogP contribution in [-0.4, -0.2) is 42.0 Å². The zero-order valence-electron chi connectivity index (χ0n) is 16.7. The molecule has 0 aliphatic carbocycles. The van der Waals surface area contributed by atoms with Crippen LogP contribution in [0.2, 0.25) is 0 Å². The van der Waals surface area contributed by atoms with Gasteiger partial charge in [-0.05, 0) is 66.3 Å². The Bertz CT molecular complexity index is 950. The van der Waals surface area contributed by atoms with Crippen molar-refractivity contribution in [2.45, 2.75) is 31.8 Å². The molecule has 0 bridgehead atoms. The van der Waals surface area contributed by atoms with Crippen LogP contribution < -0.4 is 16.4 Å². The van der Waals surface area contributed by atoms with Gasteiger partial charge in [0.1, 0.15) is 5.82 Å². The van der Waals surface area contributed by atoms with E-state index in [-0.39, 0.29) is 24.3 Å². The Kier molecular flexibility index (Phi) is 6.93. The number of carbonyl (C=O) groups is 1. The quantitative estimate of drug-likeness (QED) is 0.472. The van der Waals surface area contributed by atoms with Crippen LogP contribution in [0.4, 0.5) is 24.5 Å². The second-order valence-electron chi connectivity index (χ2n) is 7.75. The monoisotopic (exact) mass is 532 g/mol. The van der Waals surface area contributed by atoms with E-state index >= 15 is 0 Å². The van der Waals surface area contributed by atoms with Gasteiger partial charge in [0, 0.05) is 29.2 Å². The molecule has 2 aromatic rings. The number of rotatable bonds is 7. The number of nitrogens with zero attached hydrogens (tertiary/aromatic N) is 1. The van der Waals surface area contributed by atoms with Gasteiger partial charge in [-0.3, -0.25) is 4.79 Å². The number of halogens is 4. The van der Waals surface area contributed by atoms with E-state index in [9.17, 15) is 18.0 Å². The standard InChI is InChI=1S/C21H24F3IN4O/c1-3-12(2)27-9-21(26)10-29(11-21)20(30)14-5-6-15(22)18(24)19(14)28-17-7-4-13(25)8-16(17)23/h4-8,12,27-28H,3,9-11,26H2,1-2H3. The number of carbonyl (C=O) groups excluding carboxylic acids is 1. The third kappa shape index (κ3) is 4.89. The summed E-state index contributed by atoms with van der Waals surface area (Å²) >= 11 is 1.94. The molecule has 1 amide bonds. The molecule has 5 nitrogen and oxygen atoms in total. The Labute approximate surface area is 187 Å². The molecule has 1 unspecified atom stereocenters. The van der Waals surface area contributed by atoms with Gasteiger partial charge >= 0.3 is 0 Å². The number of hydrogen-bond acceptors (Lipinski definition) is 4. The molecular formula is C21H24F3IN4O. The van der Waals surface area contributed by atoms with Crippen molar-refractivity contribution in [2.24, 2.45) is 5.73 Å². The predicted octanol–water partition coefficient (Wildman–Crippen LogP) is 3.99. The first kappa shape index (κ1) is 22.8. The molecule has 162 valence electrons. The van der Waals surface area contributed by atoms with E-state index in [1.54, 1.807) is 6.07 Å². The van der Waals surface area contributed by atoms with Crippen LogP contribution in [0, 0.1) is 21.0 Å². The zero-order valence-corrected chi connectivity index (χ0v) is 18.9. The van der Waals surface area contributed by atoms with Crippen molar-refractivity contribution in [3.8, 4) is 0 Å². The first-order valence-corrected chi connectivity index (χ1v) is 10.7. The van der Waals surface area contributed by atoms with Crippen LogP contribution in [0.15, 0.2) is 30.3 Å². The fraction of sp³-hybridized carbons (Fsp3) is 0.381. The lowest BCUT2D eigenvalue weighted by Gasteiger charge is -2.48. The van der Waals surface area contributed by atoms with Crippen LogP contribution in [0.1, 0.15) is 30.6 Å². The molecule has 2 aromatic carbocycles. The largest absolute Gasteiger partial charge is 0.350 e. The minimum Gasteiger partial charge on any atom is -0.350 e. The summed E-state index contributed by atoms with van der Waals surface area (Å²) in [6.07, 6.45) is 0.956. The lowest BCUT2D eigenvalue weighted by molar-refractivity contribution is 0.0406. The zero-order chi connectivity index (χ0) is 22.1. The Balaban J connectivity index is 1.79. The van der Waals surface area contributed by atoms with Gasteiger partial charge < -0.3 is 21.3 Å². The summed E-state index contributed by atoms with van der Waals surface area (Å²) in [5.74, 6) is -3.50. The number of amides is 1. The van der Waals surface area contributed by atoms with E-state index in [1.165, 1.54) is 23.1 Å². The molecule has 0 aromatic heterocycles. The van der Waals surface area contributed by atoms with E-state index in [0.29, 0.717) is 16.2 Å². The molecule has 0 saturated carbocycles. The molecule has 9 heteroatoms. The summed E-state index contributed by atoms with van der Waals surface area (Å²) in [6.45, 7) is 5.22. The van der Waals surface area contributed by atoms with Gasteiger partial charge in [-0.2, -0.15) is 0 Å². The highest BCUT2D eigenvalue weighted by atomic mass is 127. The molecule has 1 fully saturated rings. The third-order valence-corrected chi connectivity index (χ3v) is 5.90. The summed E-state index contributed by atoms with van der Waals surface area (Å²) in [6, 6.07) is 6.67. The van der Waals surface area contributed by atoms with Gasteiger partial charge in [-0.25, -0.2) is 13.2 Å². The second-order valence-corrected chi connectivity index (χ2v) is 8.99. The highest BCUT2D eigenvalue weighted by Crippen LogP contribution is 2.31. The number of nitrogens with one attached hydrogen (secondary N) is 2.